The van der Waals surface area contributed by atoms with Gasteiger partial charge in [0.1, 0.15) is 0 Å². The third kappa shape index (κ3) is 2.26. The summed E-state index contributed by atoms with van der Waals surface area (Å²) >= 11 is 0. The predicted molar refractivity (Wildman–Crippen MR) is 96.0 cm³/mol. The van der Waals surface area contributed by atoms with Gasteiger partial charge in [-0.15, -0.1) is 0 Å². The summed E-state index contributed by atoms with van der Waals surface area (Å²) in [5, 5.41) is 1.34. The Kier molecular flexibility index (Phi) is 3.69. The number of hydrogen-bond acceptors (Lipinski definition) is 3. The van der Waals surface area contributed by atoms with E-state index in [1.807, 2.05) is 6.07 Å². The summed E-state index contributed by atoms with van der Waals surface area (Å²) in [5.74, 6) is 1.53. The number of nitrogens with zero attached hydrogens (tertiary/aromatic N) is 1. The zero-order chi connectivity index (χ0) is 16.7. The molecular weight excluding hydrogens is 300 g/mol. The summed E-state index contributed by atoms with van der Waals surface area (Å²) in [6.07, 6.45) is 1.07. The highest BCUT2D eigenvalue weighted by molar-refractivity contribution is 5.85. The van der Waals surface area contributed by atoms with Gasteiger partial charge in [0, 0.05) is 23.1 Å². The number of ether oxygens (including phenoxy) is 2. The van der Waals surface area contributed by atoms with Crippen molar-refractivity contribution in [1.29, 1.82) is 0 Å². The molecule has 0 bridgehead atoms. The topological polar surface area (TPSA) is 37.5 Å². The van der Waals surface area contributed by atoms with Gasteiger partial charge >= 0.3 is 0 Å². The molecule has 1 unspecified atom stereocenters. The number of nitrogens with one attached hydrogen (secondary N) is 1. The Bertz CT molecular complexity index is 884. The van der Waals surface area contributed by atoms with Gasteiger partial charge in [0.05, 0.1) is 20.3 Å². The number of likely N-dealkylation sites (N-methyl/N-ethyl adjacent to an activating group) is 1. The first-order chi connectivity index (χ1) is 11.7. The van der Waals surface area contributed by atoms with E-state index in [-0.39, 0.29) is 6.04 Å². The number of fused-ring (bicyclic) bond motifs is 3. The predicted octanol–water partition coefficient (Wildman–Crippen LogP) is 3.76. The van der Waals surface area contributed by atoms with Crippen molar-refractivity contribution in [2.75, 3.05) is 27.8 Å². The van der Waals surface area contributed by atoms with Crippen molar-refractivity contribution in [2.24, 2.45) is 0 Å². The number of methoxy groups -OCH3 is 2. The molecule has 0 saturated heterocycles. The maximum absolute atomic E-state index is 5.50. The van der Waals surface area contributed by atoms with E-state index in [1.54, 1.807) is 14.2 Å². The van der Waals surface area contributed by atoms with Crippen molar-refractivity contribution in [3.8, 4) is 11.5 Å². The Hall–Kier alpha value is -2.46. The fraction of sp³-hybridized carbons (Fsp3) is 0.300. The zero-order valence-electron chi connectivity index (χ0n) is 14.3. The highest BCUT2D eigenvalue weighted by Gasteiger charge is 2.29. The molecule has 1 aromatic heterocycles. The summed E-state index contributed by atoms with van der Waals surface area (Å²) in [4.78, 5) is 6.04. The Morgan fingerprint density at radius 2 is 1.83 bits per heavy atom. The Balaban J connectivity index is 1.87. The number of aromatic amines is 1. The molecule has 24 heavy (non-hydrogen) atoms. The van der Waals surface area contributed by atoms with Crippen LogP contribution in [0.3, 0.4) is 0 Å². The van der Waals surface area contributed by atoms with Crippen molar-refractivity contribution < 1.29 is 9.47 Å². The SMILES string of the molecule is COc1ccc(C2c3[nH]c4ccccc4c3CCN2C)cc1OC. The lowest BCUT2D eigenvalue weighted by atomic mass is 9.92. The van der Waals surface area contributed by atoms with Crippen molar-refractivity contribution in [3.05, 3.63) is 59.3 Å². The number of benzene rings is 2. The molecule has 0 aliphatic carbocycles. The minimum absolute atomic E-state index is 0.195. The molecule has 0 radical (unpaired) electrons. The van der Waals surface area contributed by atoms with E-state index in [4.69, 9.17) is 9.47 Å². The van der Waals surface area contributed by atoms with Crippen LogP contribution in [0.1, 0.15) is 22.9 Å². The van der Waals surface area contributed by atoms with Crippen molar-refractivity contribution in [3.63, 3.8) is 0 Å². The van der Waals surface area contributed by atoms with Gasteiger partial charge in [-0.05, 0) is 42.8 Å². The van der Waals surface area contributed by atoms with Crippen molar-refractivity contribution in [1.82, 2.24) is 9.88 Å². The number of rotatable bonds is 3. The lowest BCUT2D eigenvalue weighted by Gasteiger charge is -2.33. The van der Waals surface area contributed by atoms with Gasteiger partial charge in [0.15, 0.2) is 11.5 Å². The lowest BCUT2D eigenvalue weighted by molar-refractivity contribution is 0.260. The van der Waals surface area contributed by atoms with Crippen LogP contribution in [-0.2, 0) is 6.42 Å². The van der Waals surface area contributed by atoms with E-state index in [1.165, 1.54) is 27.7 Å². The first-order valence-electron chi connectivity index (χ1n) is 8.24. The van der Waals surface area contributed by atoms with Crippen LogP contribution in [-0.4, -0.2) is 37.7 Å². The minimum Gasteiger partial charge on any atom is -0.493 e. The molecule has 1 atom stereocenters. The highest BCUT2D eigenvalue weighted by atomic mass is 16.5. The first-order valence-corrected chi connectivity index (χ1v) is 8.24. The highest BCUT2D eigenvalue weighted by Crippen LogP contribution is 2.40. The third-order valence-electron chi connectivity index (χ3n) is 5.00. The molecule has 0 amide bonds. The van der Waals surface area contributed by atoms with Crippen LogP contribution in [0.4, 0.5) is 0 Å². The van der Waals surface area contributed by atoms with E-state index in [0.717, 1.165) is 24.5 Å². The molecular formula is C20H22N2O2. The van der Waals surface area contributed by atoms with Crippen LogP contribution in [0.15, 0.2) is 42.5 Å². The first kappa shape index (κ1) is 15.1. The van der Waals surface area contributed by atoms with Crippen LogP contribution < -0.4 is 9.47 Å². The fourth-order valence-electron chi connectivity index (χ4n) is 3.81. The van der Waals surface area contributed by atoms with Crippen LogP contribution >= 0.6 is 0 Å². The van der Waals surface area contributed by atoms with E-state index in [0.29, 0.717) is 0 Å². The average Bonchev–Trinajstić information content (AvgIpc) is 2.99. The van der Waals surface area contributed by atoms with E-state index in [2.05, 4.69) is 53.3 Å². The molecule has 0 spiro atoms. The summed E-state index contributed by atoms with van der Waals surface area (Å²) in [6, 6.07) is 14.9. The molecule has 2 heterocycles. The molecule has 0 fully saturated rings. The smallest absolute Gasteiger partial charge is 0.161 e. The number of para-hydroxylation sites is 1. The molecule has 3 aromatic rings. The maximum atomic E-state index is 5.50. The summed E-state index contributed by atoms with van der Waals surface area (Å²) < 4.78 is 10.9. The zero-order valence-corrected chi connectivity index (χ0v) is 14.3. The van der Waals surface area contributed by atoms with Gasteiger partial charge in [-0.1, -0.05) is 24.3 Å². The molecule has 4 nitrogen and oxygen atoms in total. The molecule has 0 saturated carbocycles. The largest absolute Gasteiger partial charge is 0.493 e. The van der Waals surface area contributed by atoms with Gasteiger partial charge in [0.2, 0.25) is 0 Å². The summed E-state index contributed by atoms with van der Waals surface area (Å²) in [5.41, 5.74) is 5.14. The van der Waals surface area contributed by atoms with Crippen LogP contribution in [0.25, 0.3) is 10.9 Å². The van der Waals surface area contributed by atoms with Gasteiger partial charge in [0.25, 0.3) is 0 Å². The third-order valence-corrected chi connectivity index (χ3v) is 5.00. The van der Waals surface area contributed by atoms with E-state index < -0.39 is 0 Å². The summed E-state index contributed by atoms with van der Waals surface area (Å²) in [7, 11) is 5.52. The Morgan fingerprint density at radius 3 is 2.62 bits per heavy atom. The molecule has 1 N–H and O–H groups in total. The molecule has 4 rings (SSSR count). The quantitative estimate of drug-likeness (QED) is 0.798. The van der Waals surface area contributed by atoms with Crippen molar-refractivity contribution >= 4 is 10.9 Å². The van der Waals surface area contributed by atoms with Gasteiger partial charge in [-0.2, -0.15) is 0 Å². The molecule has 1 aliphatic rings. The molecule has 4 heteroatoms. The lowest BCUT2D eigenvalue weighted by Crippen LogP contribution is -2.32. The Labute approximate surface area is 142 Å². The standard InChI is InChI=1S/C20H22N2O2/c1-22-11-10-15-14-6-4-5-7-16(14)21-19(15)20(22)13-8-9-17(23-2)18(12-13)24-3/h4-9,12,20-21H,10-11H2,1-3H3. The number of aromatic nitrogens is 1. The van der Waals surface area contributed by atoms with Gasteiger partial charge in [-0.25, -0.2) is 0 Å². The van der Waals surface area contributed by atoms with Crippen molar-refractivity contribution in [2.45, 2.75) is 12.5 Å². The second-order valence-corrected chi connectivity index (χ2v) is 6.31. The average molecular weight is 322 g/mol. The fourth-order valence-corrected chi connectivity index (χ4v) is 3.81. The number of H-pyrrole nitrogens is 1. The van der Waals surface area contributed by atoms with Gasteiger partial charge < -0.3 is 14.5 Å². The molecule has 124 valence electrons. The normalized spacial score (nSPS) is 17.7. The Morgan fingerprint density at radius 1 is 1.04 bits per heavy atom. The molecule has 1 aliphatic heterocycles. The monoisotopic (exact) mass is 322 g/mol. The van der Waals surface area contributed by atoms with E-state index in [9.17, 15) is 0 Å². The second kappa shape index (κ2) is 5.87. The van der Waals surface area contributed by atoms with Crippen LogP contribution in [0, 0.1) is 0 Å². The molecule has 2 aromatic carbocycles. The summed E-state index contributed by atoms with van der Waals surface area (Å²) in [6.45, 7) is 1.04. The second-order valence-electron chi connectivity index (χ2n) is 6.31. The minimum atomic E-state index is 0.195. The maximum Gasteiger partial charge on any atom is 0.161 e. The van der Waals surface area contributed by atoms with Crippen LogP contribution in [0.2, 0.25) is 0 Å². The van der Waals surface area contributed by atoms with Crippen LogP contribution in [0.5, 0.6) is 11.5 Å². The van der Waals surface area contributed by atoms with E-state index >= 15 is 0 Å². The number of hydrogen-bond donors (Lipinski definition) is 1. The van der Waals surface area contributed by atoms with Gasteiger partial charge in [-0.3, -0.25) is 4.90 Å².